The Morgan fingerprint density at radius 2 is 1.46 bits per heavy atom. The second kappa shape index (κ2) is 5.59. The minimum Gasteiger partial charge on any atom is -0.327 e. The quantitative estimate of drug-likeness (QED) is 0.884. The first kappa shape index (κ1) is 14.9. The number of quaternary nitrogens is 1. The molecule has 5 fully saturated rings. The first-order valence-electron chi connectivity index (χ1n) is 9.91. The Labute approximate surface area is 145 Å². The Bertz CT molecular complexity index is 583. The molecule has 1 aliphatic heterocycles. The van der Waals surface area contributed by atoms with Crippen LogP contribution >= 0.6 is 0 Å². The predicted octanol–water partition coefficient (Wildman–Crippen LogP) is 2.00. The zero-order valence-electron chi connectivity index (χ0n) is 14.5. The summed E-state index contributed by atoms with van der Waals surface area (Å²) in [6, 6.07) is 9.79. The summed E-state index contributed by atoms with van der Waals surface area (Å²) >= 11 is 0. The fraction of sp³-hybridized carbons (Fsp3) is 0.667. The first-order valence-corrected chi connectivity index (χ1v) is 9.91. The molecule has 24 heavy (non-hydrogen) atoms. The summed E-state index contributed by atoms with van der Waals surface area (Å²) < 4.78 is 0. The van der Waals surface area contributed by atoms with Gasteiger partial charge >= 0.3 is 0 Å². The second-order valence-corrected chi connectivity index (χ2v) is 8.96. The van der Waals surface area contributed by atoms with E-state index < -0.39 is 0 Å². The summed E-state index contributed by atoms with van der Waals surface area (Å²) in [5.41, 5.74) is 1.42. The van der Waals surface area contributed by atoms with E-state index in [1.165, 1.54) is 38.5 Å². The van der Waals surface area contributed by atoms with E-state index in [1.807, 2.05) is 35.2 Å². The van der Waals surface area contributed by atoms with Crippen LogP contribution in [-0.2, 0) is 0 Å². The van der Waals surface area contributed by atoms with Gasteiger partial charge in [0.1, 0.15) is 0 Å². The van der Waals surface area contributed by atoms with Crippen LogP contribution in [-0.4, -0.2) is 42.5 Å². The number of nitrogens with one attached hydrogen (secondary N) is 1. The summed E-state index contributed by atoms with van der Waals surface area (Å²) in [7, 11) is 0. The van der Waals surface area contributed by atoms with Gasteiger partial charge in [0.25, 0.3) is 5.91 Å². The predicted molar refractivity (Wildman–Crippen MR) is 93.9 cm³/mol. The van der Waals surface area contributed by atoms with Crippen molar-refractivity contribution in [1.82, 2.24) is 4.90 Å². The molecule has 1 aromatic carbocycles. The number of amides is 1. The monoisotopic (exact) mass is 325 g/mol. The molecule has 1 heterocycles. The fourth-order valence-electron chi connectivity index (χ4n) is 6.82. The number of hydrogen-bond acceptors (Lipinski definition) is 1. The molecular formula is C21H29N2O+. The SMILES string of the molecule is O=C(c1ccccc1)N1CC[NH+](C23CC4CC(CC(C4)C2)C3)CC1. The van der Waals surface area contributed by atoms with E-state index in [0.717, 1.165) is 49.5 Å². The maximum Gasteiger partial charge on any atom is 0.254 e. The lowest BCUT2D eigenvalue weighted by Crippen LogP contribution is -3.23. The lowest BCUT2D eigenvalue weighted by Gasteiger charge is -2.59. The Morgan fingerprint density at radius 3 is 2.00 bits per heavy atom. The molecule has 3 nitrogen and oxygen atoms in total. The molecule has 0 spiro atoms. The van der Waals surface area contributed by atoms with E-state index in [1.54, 1.807) is 0 Å². The van der Waals surface area contributed by atoms with Crippen molar-refractivity contribution in [3.05, 3.63) is 35.9 Å². The fourth-order valence-corrected chi connectivity index (χ4v) is 6.82. The zero-order chi connectivity index (χ0) is 16.1. The summed E-state index contributed by atoms with van der Waals surface area (Å²) in [6.45, 7) is 4.19. The third kappa shape index (κ3) is 2.40. The molecule has 1 aromatic rings. The molecule has 3 heteroatoms. The summed E-state index contributed by atoms with van der Waals surface area (Å²) in [4.78, 5) is 16.6. The van der Waals surface area contributed by atoms with Crippen molar-refractivity contribution >= 4 is 5.91 Å². The van der Waals surface area contributed by atoms with Gasteiger partial charge in [-0.2, -0.15) is 0 Å². The number of carbonyl (C=O) groups excluding carboxylic acids is 1. The highest BCUT2D eigenvalue weighted by Gasteiger charge is 2.56. The van der Waals surface area contributed by atoms with Gasteiger partial charge in [0.05, 0.1) is 31.7 Å². The third-order valence-electron chi connectivity index (χ3n) is 7.46. The average molecular weight is 325 g/mol. The van der Waals surface area contributed by atoms with E-state index >= 15 is 0 Å². The van der Waals surface area contributed by atoms with Gasteiger partial charge in [-0.25, -0.2) is 0 Å². The first-order chi connectivity index (χ1) is 11.7. The van der Waals surface area contributed by atoms with Gasteiger partial charge in [-0.15, -0.1) is 0 Å². The van der Waals surface area contributed by atoms with Crippen LogP contribution in [0.25, 0.3) is 0 Å². The molecule has 4 aliphatic carbocycles. The molecule has 5 aliphatic rings. The van der Waals surface area contributed by atoms with Crippen LogP contribution < -0.4 is 4.90 Å². The largest absolute Gasteiger partial charge is 0.327 e. The average Bonchev–Trinajstić information content (AvgIpc) is 2.61. The smallest absolute Gasteiger partial charge is 0.254 e. The van der Waals surface area contributed by atoms with Crippen LogP contribution in [0.4, 0.5) is 0 Å². The second-order valence-electron chi connectivity index (χ2n) is 8.96. The molecule has 4 bridgehead atoms. The number of rotatable bonds is 2. The Morgan fingerprint density at radius 1 is 0.917 bits per heavy atom. The van der Waals surface area contributed by atoms with Crippen molar-refractivity contribution in [2.45, 2.75) is 44.1 Å². The molecule has 1 saturated heterocycles. The highest BCUT2D eigenvalue weighted by Crippen LogP contribution is 2.54. The Kier molecular flexibility index (Phi) is 3.48. The highest BCUT2D eigenvalue weighted by molar-refractivity contribution is 5.94. The molecule has 1 N–H and O–H groups in total. The highest BCUT2D eigenvalue weighted by atomic mass is 16.2. The number of benzene rings is 1. The lowest BCUT2D eigenvalue weighted by molar-refractivity contribution is -0.962. The van der Waals surface area contributed by atoms with Gasteiger partial charge in [-0.05, 0) is 49.1 Å². The van der Waals surface area contributed by atoms with Gasteiger partial charge in [0.15, 0.2) is 0 Å². The van der Waals surface area contributed by atoms with Crippen molar-refractivity contribution in [3.63, 3.8) is 0 Å². The minimum absolute atomic E-state index is 0.222. The van der Waals surface area contributed by atoms with Crippen LogP contribution in [0.3, 0.4) is 0 Å². The van der Waals surface area contributed by atoms with Gasteiger partial charge in [0.2, 0.25) is 0 Å². The van der Waals surface area contributed by atoms with Gasteiger partial charge in [-0.1, -0.05) is 18.2 Å². The molecular weight excluding hydrogens is 296 g/mol. The van der Waals surface area contributed by atoms with Gasteiger partial charge in [-0.3, -0.25) is 4.79 Å². The molecule has 128 valence electrons. The van der Waals surface area contributed by atoms with E-state index in [0.29, 0.717) is 5.54 Å². The number of piperazine rings is 1. The standard InChI is InChI=1S/C21H28N2O/c24-20(19-4-2-1-3-5-19)22-6-8-23(9-7-22)21-13-16-10-17(14-21)12-18(11-16)15-21/h1-5,16-18H,6-15H2/p+1. The summed E-state index contributed by atoms with van der Waals surface area (Å²) in [5, 5.41) is 0. The topological polar surface area (TPSA) is 24.8 Å². The van der Waals surface area contributed by atoms with Crippen molar-refractivity contribution in [2.75, 3.05) is 26.2 Å². The van der Waals surface area contributed by atoms with Crippen LogP contribution in [0.2, 0.25) is 0 Å². The molecule has 0 unspecified atom stereocenters. The van der Waals surface area contributed by atoms with E-state index in [2.05, 4.69) is 4.90 Å². The maximum atomic E-state index is 12.7. The third-order valence-corrected chi connectivity index (χ3v) is 7.46. The normalized spacial score (nSPS) is 38.5. The minimum atomic E-state index is 0.222. The Balaban J connectivity index is 1.27. The van der Waals surface area contributed by atoms with Gasteiger partial charge in [0, 0.05) is 24.8 Å². The van der Waals surface area contributed by atoms with E-state index in [-0.39, 0.29) is 5.91 Å². The maximum absolute atomic E-state index is 12.7. The van der Waals surface area contributed by atoms with Crippen molar-refractivity contribution in [2.24, 2.45) is 17.8 Å². The number of hydrogen-bond donors (Lipinski definition) is 1. The molecule has 0 radical (unpaired) electrons. The van der Waals surface area contributed by atoms with Crippen LogP contribution in [0.5, 0.6) is 0 Å². The zero-order valence-corrected chi connectivity index (χ0v) is 14.5. The van der Waals surface area contributed by atoms with Crippen molar-refractivity contribution in [3.8, 4) is 0 Å². The van der Waals surface area contributed by atoms with Crippen molar-refractivity contribution < 1.29 is 9.69 Å². The molecule has 0 aromatic heterocycles. The van der Waals surface area contributed by atoms with Crippen molar-refractivity contribution in [1.29, 1.82) is 0 Å². The molecule has 0 atom stereocenters. The Hall–Kier alpha value is -1.35. The number of carbonyl (C=O) groups is 1. The molecule has 6 rings (SSSR count). The molecule has 4 saturated carbocycles. The molecule has 1 amide bonds. The lowest BCUT2D eigenvalue weighted by atomic mass is 9.52. The van der Waals surface area contributed by atoms with E-state index in [4.69, 9.17) is 0 Å². The van der Waals surface area contributed by atoms with Crippen LogP contribution in [0.1, 0.15) is 48.9 Å². The summed E-state index contributed by atoms with van der Waals surface area (Å²) in [5.74, 6) is 3.29. The van der Waals surface area contributed by atoms with Crippen LogP contribution in [0, 0.1) is 17.8 Å². The van der Waals surface area contributed by atoms with Gasteiger partial charge < -0.3 is 9.80 Å². The van der Waals surface area contributed by atoms with E-state index in [9.17, 15) is 4.79 Å². The number of nitrogens with zero attached hydrogens (tertiary/aromatic N) is 1. The summed E-state index contributed by atoms with van der Waals surface area (Å²) in [6.07, 6.45) is 8.98. The van der Waals surface area contributed by atoms with Crippen LogP contribution in [0.15, 0.2) is 30.3 Å².